The van der Waals surface area contributed by atoms with Gasteiger partial charge in [0.25, 0.3) is 10.0 Å². The van der Waals surface area contributed by atoms with Crippen LogP contribution in [0.3, 0.4) is 0 Å². The quantitative estimate of drug-likeness (QED) is 0.857. The molecule has 106 valence electrons. The fourth-order valence-electron chi connectivity index (χ4n) is 1.86. The van der Waals surface area contributed by atoms with Gasteiger partial charge >= 0.3 is 5.97 Å². The molecule has 0 saturated carbocycles. The first-order valence-corrected chi connectivity index (χ1v) is 8.19. The minimum atomic E-state index is -3.81. The van der Waals surface area contributed by atoms with E-state index in [0.29, 0.717) is 16.4 Å². The molecule has 0 aliphatic carbocycles. The van der Waals surface area contributed by atoms with Crippen molar-refractivity contribution in [2.24, 2.45) is 0 Å². The van der Waals surface area contributed by atoms with Crippen LogP contribution < -0.4 is 5.32 Å². The first kappa shape index (κ1) is 14.7. The van der Waals surface area contributed by atoms with Gasteiger partial charge in [0, 0.05) is 19.6 Å². The van der Waals surface area contributed by atoms with Crippen LogP contribution in [-0.2, 0) is 14.8 Å². The van der Waals surface area contributed by atoms with Gasteiger partial charge in [-0.1, -0.05) is 11.6 Å². The molecule has 1 aliphatic rings. The number of piperazine rings is 1. The zero-order chi connectivity index (χ0) is 14.2. The zero-order valence-electron chi connectivity index (χ0n) is 10.1. The molecular formula is C10H13ClN2O4S2. The summed E-state index contributed by atoms with van der Waals surface area (Å²) in [5.41, 5.74) is 0.673. The van der Waals surface area contributed by atoms with E-state index in [0.717, 1.165) is 15.6 Å². The Morgan fingerprint density at radius 2 is 2.32 bits per heavy atom. The average molecular weight is 325 g/mol. The molecular weight excluding hydrogens is 312 g/mol. The summed E-state index contributed by atoms with van der Waals surface area (Å²) in [5.74, 6) is -1.16. The number of carboxylic acid groups (broad SMARTS) is 1. The van der Waals surface area contributed by atoms with Gasteiger partial charge in [-0.05, 0) is 18.6 Å². The van der Waals surface area contributed by atoms with Gasteiger partial charge < -0.3 is 10.4 Å². The molecule has 1 aromatic heterocycles. The second-order valence-corrected chi connectivity index (χ2v) is 7.97. The molecule has 2 heterocycles. The summed E-state index contributed by atoms with van der Waals surface area (Å²) >= 11 is 6.83. The summed E-state index contributed by atoms with van der Waals surface area (Å²) in [6.45, 7) is 2.38. The monoisotopic (exact) mass is 324 g/mol. The van der Waals surface area contributed by atoms with Gasteiger partial charge in [0.05, 0.1) is 4.34 Å². The lowest BCUT2D eigenvalue weighted by molar-refractivity contribution is -0.141. The Kier molecular flexibility index (Phi) is 4.17. The molecule has 1 atom stereocenters. The first-order chi connectivity index (χ1) is 8.84. The summed E-state index contributed by atoms with van der Waals surface area (Å²) in [5, 5.41) is 12.0. The number of thiophene rings is 1. The molecule has 0 radical (unpaired) electrons. The van der Waals surface area contributed by atoms with Crippen molar-refractivity contribution in [2.45, 2.75) is 17.2 Å². The summed E-state index contributed by atoms with van der Waals surface area (Å²) in [6.07, 6.45) is 0. The lowest BCUT2D eigenvalue weighted by atomic mass is 10.2. The number of rotatable bonds is 3. The van der Waals surface area contributed by atoms with E-state index in [4.69, 9.17) is 16.7 Å². The maximum Gasteiger partial charge on any atom is 0.323 e. The number of aliphatic carboxylic acids is 1. The Labute approximate surface area is 120 Å². The molecule has 19 heavy (non-hydrogen) atoms. The molecule has 1 saturated heterocycles. The number of nitrogens with one attached hydrogen (secondary N) is 1. The van der Waals surface area contributed by atoms with E-state index in [-0.39, 0.29) is 17.3 Å². The second-order valence-electron chi connectivity index (χ2n) is 4.20. The predicted octanol–water partition coefficient (Wildman–Crippen LogP) is 0.757. The third-order valence-corrected chi connectivity index (χ3v) is 6.79. The van der Waals surface area contributed by atoms with E-state index < -0.39 is 22.0 Å². The van der Waals surface area contributed by atoms with Crippen LogP contribution in [0.25, 0.3) is 0 Å². The molecule has 2 N–H and O–H groups in total. The number of hydrogen-bond donors (Lipinski definition) is 2. The average Bonchev–Trinajstić information content (AvgIpc) is 2.70. The van der Waals surface area contributed by atoms with Gasteiger partial charge in [-0.15, -0.1) is 11.3 Å². The highest BCUT2D eigenvalue weighted by Gasteiger charge is 2.38. The van der Waals surface area contributed by atoms with E-state index in [9.17, 15) is 13.2 Å². The van der Waals surface area contributed by atoms with Crippen molar-refractivity contribution in [1.29, 1.82) is 0 Å². The van der Waals surface area contributed by atoms with Gasteiger partial charge in [0.2, 0.25) is 0 Å². The van der Waals surface area contributed by atoms with Crippen LogP contribution in [0.4, 0.5) is 0 Å². The maximum absolute atomic E-state index is 12.5. The van der Waals surface area contributed by atoms with Crippen LogP contribution in [0.1, 0.15) is 5.56 Å². The molecule has 2 rings (SSSR count). The number of halogens is 1. The van der Waals surface area contributed by atoms with Crippen LogP contribution in [0.2, 0.25) is 4.34 Å². The van der Waals surface area contributed by atoms with Gasteiger partial charge in [0.15, 0.2) is 0 Å². The third-order valence-electron chi connectivity index (χ3n) is 2.88. The Balaban J connectivity index is 2.39. The normalized spacial score (nSPS) is 21.5. The van der Waals surface area contributed by atoms with Gasteiger partial charge in [-0.25, -0.2) is 8.42 Å². The number of carbonyl (C=O) groups is 1. The van der Waals surface area contributed by atoms with Crippen LogP contribution >= 0.6 is 22.9 Å². The molecule has 1 fully saturated rings. The van der Waals surface area contributed by atoms with E-state index in [2.05, 4.69) is 5.32 Å². The van der Waals surface area contributed by atoms with E-state index in [1.54, 1.807) is 6.92 Å². The highest BCUT2D eigenvalue weighted by molar-refractivity contribution is 7.91. The minimum absolute atomic E-state index is 0.0863. The van der Waals surface area contributed by atoms with Crippen LogP contribution in [-0.4, -0.2) is 49.5 Å². The molecule has 0 aromatic carbocycles. The standard InChI is InChI=1S/C10H13ClN2O4S2/c1-6-4-8(18-9(6)11)19(16,17)13-3-2-12-5-7(13)10(14)15/h4,7,12H,2-3,5H2,1H3,(H,14,15). The van der Waals surface area contributed by atoms with Gasteiger partial charge in [-0.3, -0.25) is 4.79 Å². The lowest BCUT2D eigenvalue weighted by Crippen LogP contribution is -2.56. The van der Waals surface area contributed by atoms with Crippen LogP contribution in [0.15, 0.2) is 10.3 Å². The molecule has 1 aromatic rings. The lowest BCUT2D eigenvalue weighted by Gasteiger charge is -2.31. The Morgan fingerprint density at radius 1 is 1.63 bits per heavy atom. The number of carboxylic acids is 1. The largest absolute Gasteiger partial charge is 0.480 e. The predicted molar refractivity (Wildman–Crippen MR) is 72.3 cm³/mol. The molecule has 1 unspecified atom stereocenters. The number of sulfonamides is 1. The SMILES string of the molecule is Cc1cc(S(=O)(=O)N2CCNCC2C(=O)O)sc1Cl. The number of hydrogen-bond acceptors (Lipinski definition) is 5. The second kappa shape index (κ2) is 5.37. The molecule has 0 amide bonds. The van der Waals surface area contributed by atoms with E-state index in [1.807, 2.05) is 0 Å². The number of aryl methyl sites for hydroxylation is 1. The summed E-state index contributed by atoms with van der Waals surface area (Å²) in [6, 6.07) is 0.392. The zero-order valence-corrected chi connectivity index (χ0v) is 12.5. The molecule has 1 aliphatic heterocycles. The fourth-order valence-corrected chi connectivity index (χ4v) is 5.28. The third kappa shape index (κ3) is 2.77. The van der Waals surface area contributed by atoms with Crippen molar-refractivity contribution in [3.05, 3.63) is 16.0 Å². The summed E-state index contributed by atoms with van der Waals surface area (Å²) in [4.78, 5) is 11.1. The van der Waals surface area contributed by atoms with Crippen molar-refractivity contribution in [1.82, 2.24) is 9.62 Å². The highest BCUT2D eigenvalue weighted by atomic mass is 35.5. The smallest absolute Gasteiger partial charge is 0.323 e. The minimum Gasteiger partial charge on any atom is -0.480 e. The maximum atomic E-state index is 12.5. The van der Waals surface area contributed by atoms with Gasteiger partial charge in [0.1, 0.15) is 10.3 Å². The van der Waals surface area contributed by atoms with Crippen molar-refractivity contribution in [3.8, 4) is 0 Å². The Bertz CT molecular complexity index is 579. The van der Waals surface area contributed by atoms with Crippen molar-refractivity contribution >= 4 is 38.9 Å². The van der Waals surface area contributed by atoms with Crippen molar-refractivity contribution in [2.75, 3.05) is 19.6 Å². The molecule has 9 heteroatoms. The van der Waals surface area contributed by atoms with Crippen molar-refractivity contribution in [3.63, 3.8) is 0 Å². The highest BCUT2D eigenvalue weighted by Crippen LogP contribution is 2.32. The van der Waals surface area contributed by atoms with Crippen LogP contribution in [0.5, 0.6) is 0 Å². The molecule has 0 spiro atoms. The molecule has 0 bridgehead atoms. The van der Waals surface area contributed by atoms with Crippen LogP contribution in [0, 0.1) is 6.92 Å². The van der Waals surface area contributed by atoms with E-state index in [1.165, 1.54) is 6.07 Å². The van der Waals surface area contributed by atoms with Gasteiger partial charge in [-0.2, -0.15) is 4.31 Å². The summed E-state index contributed by atoms with van der Waals surface area (Å²) < 4.78 is 26.4. The topological polar surface area (TPSA) is 86.7 Å². The fraction of sp³-hybridized carbons (Fsp3) is 0.500. The molecule has 6 nitrogen and oxygen atoms in total. The summed E-state index contributed by atoms with van der Waals surface area (Å²) in [7, 11) is -3.81. The Hall–Kier alpha value is -0.670. The van der Waals surface area contributed by atoms with Crippen molar-refractivity contribution < 1.29 is 18.3 Å². The first-order valence-electron chi connectivity index (χ1n) is 5.55. The van der Waals surface area contributed by atoms with E-state index >= 15 is 0 Å². The number of nitrogens with zero attached hydrogens (tertiary/aromatic N) is 1. The Morgan fingerprint density at radius 3 is 2.84 bits per heavy atom.